The maximum Gasteiger partial charge on any atom is 0.259 e. The molecule has 0 aromatic carbocycles. The highest BCUT2D eigenvalue weighted by atomic mass is 19.1. The maximum absolute atomic E-state index is 14.4. The average molecular weight is 434 g/mol. The van der Waals surface area contributed by atoms with Crippen molar-refractivity contribution in [2.75, 3.05) is 23.3 Å². The second kappa shape index (κ2) is 7.79. The first kappa shape index (κ1) is 20.3. The molecular weight excluding hydrogens is 411 g/mol. The summed E-state index contributed by atoms with van der Waals surface area (Å²) in [6.07, 6.45) is 7.96. The second-order valence-electron chi connectivity index (χ2n) is 8.27. The number of hydrogen-bond donors (Lipinski definition) is 2. The standard InChI is InChI=1S/C22H23FN8O/c1-12-8-30(9-13(2)27-12)21-19-18(24-4-5-25-19)16(7-26-21)22(32)29-15-6-17(23)20-28-14(3)10-31(20)11-15/h4-7,10-13,27H,8-9H2,1-3H3,(H,29,32)/t12-,13-/m1/s1. The zero-order valence-corrected chi connectivity index (χ0v) is 18.0. The SMILES string of the molecule is Cc1cn2cc(NC(=O)c3cnc(N4C[C@@H](C)N[C@H](C)C4)c4nccnc34)cc(F)c2n1. The maximum atomic E-state index is 14.4. The van der Waals surface area contributed by atoms with Crippen LogP contribution >= 0.6 is 0 Å². The number of carbonyl (C=O) groups is 1. The number of fused-ring (bicyclic) bond motifs is 2. The molecule has 0 saturated carbocycles. The van der Waals surface area contributed by atoms with Crippen LogP contribution in [0.15, 0.2) is 37.1 Å². The van der Waals surface area contributed by atoms with E-state index in [-0.39, 0.29) is 11.2 Å². The molecule has 4 aromatic heterocycles. The molecule has 1 aliphatic heterocycles. The number of amides is 1. The molecule has 2 atom stereocenters. The molecule has 32 heavy (non-hydrogen) atoms. The van der Waals surface area contributed by atoms with Crippen LogP contribution in [-0.2, 0) is 0 Å². The zero-order valence-electron chi connectivity index (χ0n) is 18.0. The number of hydrogen-bond acceptors (Lipinski definition) is 7. The van der Waals surface area contributed by atoms with Crippen LogP contribution in [0.4, 0.5) is 15.9 Å². The molecule has 1 aliphatic rings. The van der Waals surface area contributed by atoms with Crippen LogP contribution in [0.2, 0.25) is 0 Å². The summed E-state index contributed by atoms with van der Waals surface area (Å²) in [6.45, 7) is 7.57. The number of anilines is 2. The first-order chi connectivity index (χ1) is 15.4. The molecule has 5 heterocycles. The van der Waals surface area contributed by atoms with Crippen molar-refractivity contribution in [2.45, 2.75) is 32.9 Å². The summed E-state index contributed by atoms with van der Waals surface area (Å²) in [4.78, 5) is 32.8. The normalized spacial score (nSPS) is 18.9. The highest BCUT2D eigenvalue weighted by molar-refractivity contribution is 6.12. The van der Waals surface area contributed by atoms with Crippen molar-refractivity contribution < 1.29 is 9.18 Å². The molecule has 1 fully saturated rings. The molecule has 10 heteroatoms. The number of halogens is 1. The number of rotatable bonds is 3. The minimum absolute atomic E-state index is 0.210. The van der Waals surface area contributed by atoms with Crippen LogP contribution in [0.1, 0.15) is 29.9 Å². The van der Waals surface area contributed by atoms with E-state index in [0.717, 1.165) is 13.1 Å². The van der Waals surface area contributed by atoms with Gasteiger partial charge in [-0.1, -0.05) is 0 Å². The lowest BCUT2D eigenvalue weighted by Crippen LogP contribution is -2.54. The van der Waals surface area contributed by atoms with Crippen LogP contribution in [0.5, 0.6) is 0 Å². The Bertz CT molecular complexity index is 1330. The molecule has 9 nitrogen and oxygen atoms in total. The van der Waals surface area contributed by atoms with Crippen LogP contribution in [-0.4, -0.2) is 55.4 Å². The van der Waals surface area contributed by atoms with E-state index in [0.29, 0.717) is 40.3 Å². The number of aryl methyl sites for hydroxylation is 1. The number of carbonyl (C=O) groups excluding carboxylic acids is 1. The van der Waals surface area contributed by atoms with E-state index >= 15 is 0 Å². The summed E-state index contributed by atoms with van der Waals surface area (Å²) in [5, 5.41) is 6.24. The third-order valence-corrected chi connectivity index (χ3v) is 5.47. The number of nitrogens with one attached hydrogen (secondary N) is 2. The Labute approximate surface area is 183 Å². The monoisotopic (exact) mass is 434 g/mol. The molecule has 164 valence electrons. The van der Waals surface area contributed by atoms with Gasteiger partial charge in [0.25, 0.3) is 5.91 Å². The topological polar surface area (TPSA) is 100 Å². The fourth-order valence-electron chi connectivity index (χ4n) is 4.29. The molecular formula is C22H23FN8O. The second-order valence-corrected chi connectivity index (χ2v) is 8.27. The predicted molar refractivity (Wildman–Crippen MR) is 119 cm³/mol. The Morgan fingerprint density at radius 2 is 1.84 bits per heavy atom. The molecule has 0 aliphatic carbocycles. The van der Waals surface area contributed by atoms with Gasteiger partial charge in [-0.2, -0.15) is 0 Å². The number of piperazine rings is 1. The van der Waals surface area contributed by atoms with E-state index < -0.39 is 11.7 Å². The van der Waals surface area contributed by atoms with Crippen molar-refractivity contribution in [2.24, 2.45) is 0 Å². The third-order valence-electron chi connectivity index (χ3n) is 5.47. The average Bonchev–Trinajstić information content (AvgIpc) is 3.13. The molecule has 0 radical (unpaired) electrons. The van der Waals surface area contributed by atoms with Gasteiger partial charge in [0.05, 0.1) is 16.9 Å². The number of imidazole rings is 1. The molecule has 1 amide bonds. The Morgan fingerprint density at radius 1 is 1.12 bits per heavy atom. The van der Waals surface area contributed by atoms with Crippen molar-refractivity contribution in [1.29, 1.82) is 0 Å². The lowest BCUT2D eigenvalue weighted by atomic mass is 10.1. The number of aromatic nitrogens is 5. The van der Waals surface area contributed by atoms with Crippen molar-refractivity contribution in [3.8, 4) is 0 Å². The highest BCUT2D eigenvalue weighted by Crippen LogP contribution is 2.26. The van der Waals surface area contributed by atoms with Gasteiger partial charge in [-0.25, -0.2) is 19.3 Å². The van der Waals surface area contributed by atoms with Gasteiger partial charge in [-0.15, -0.1) is 0 Å². The fourth-order valence-corrected chi connectivity index (χ4v) is 4.29. The lowest BCUT2D eigenvalue weighted by Gasteiger charge is -2.37. The number of nitrogens with zero attached hydrogens (tertiary/aromatic N) is 6. The summed E-state index contributed by atoms with van der Waals surface area (Å²) in [5.74, 6) is -0.255. The quantitative estimate of drug-likeness (QED) is 0.511. The van der Waals surface area contributed by atoms with Crippen LogP contribution < -0.4 is 15.5 Å². The lowest BCUT2D eigenvalue weighted by molar-refractivity contribution is 0.102. The molecule has 5 rings (SSSR count). The fraction of sp³-hybridized carbons (Fsp3) is 0.318. The number of pyridine rings is 2. The summed E-state index contributed by atoms with van der Waals surface area (Å²) in [5.41, 5.74) is 2.49. The summed E-state index contributed by atoms with van der Waals surface area (Å²) in [7, 11) is 0. The summed E-state index contributed by atoms with van der Waals surface area (Å²) < 4.78 is 16.0. The molecule has 0 unspecified atom stereocenters. The van der Waals surface area contributed by atoms with Crippen LogP contribution in [0.3, 0.4) is 0 Å². The van der Waals surface area contributed by atoms with E-state index in [1.165, 1.54) is 12.3 Å². The van der Waals surface area contributed by atoms with Gasteiger partial charge in [-0.05, 0) is 20.8 Å². The van der Waals surface area contributed by atoms with Crippen molar-refractivity contribution >= 4 is 34.1 Å². The van der Waals surface area contributed by atoms with E-state index in [1.807, 2.05) is 0 Å². The smallest absolute Gasteiger partial charge is 0.259 e. The molecule has 0 bridgehead atoms. The summed E-state index contributed by atoms with van der Waals surface area (Å²) >= 11 is 0. The minimum atomic E-state index is -0.518. The minimum Gasteiger partial charge on any atom is -0.352 e. The van der Waals surface area contributed by atoms with Gasteiger partial charge in [-0.3, -0.25) is 9.78 Å². The van der Waals surface area contributed by atoms with Gasteiger partial charge < -0.3 is 19.9 Å². The predicted octanol–water partition coefficient (Wildman–Crippen LogP) is 2.56. The van der Waals surface area contributed by atoms with E-state index in [4.69, 9.17) is 0 Å². The molecule has 2 N–H and O–H groups in total. The van der Waals surface area contributed by atoms with Crippen molar-refractivity contribution in [3.05, 3.63) is 54.1 Å². The largest absolute Gasteiger partial charge is 0.352 e. The van der Waals surface area contributed by atoms with Crippen LogP contribution in [0, 0.1) is 12.7 Å². The Morgan fingerprint density at radius 3 is 2.59 bits per heavy atom. The van der Waals surface area contributed by atoms with Gasteiger partial charge in [0.15, 0.2) is 17.3 Å². The van der Waals surface area contributed by atoms with Crippen molar-refractivity contribution in [1.82, 2.24) is 29.7 Å². The Balaban J connectivity index is 1.50. The van der Waals surface area contributed by atoms with Crippen molar-refractivity contribution in [3.63, 3.8) is 0 Å². The van der Waals surface area contributed by atoms with Gasteiger partial charge in [0.1, 0.15) is 11.0 Å². The van der Waals surface area contributed by atoms with Crippen LogP contribution in [0.25, 0.3) is 16.7 Å². The molecule has 4 aromatic rings. The van der Waals surface area contributed by atoms with E-state index in [1.54, 1.807) is 36.1 Å². The molecule has 0 spiro atoms. The van der Waals surface area contributed by atoms with E-state index in [2.05, 4.69) is 49.3 Å². The zero-order chi connectivity index (χ0) is 22.4. The van der Waals surface area contributed by atoms with Gasteiger partial charge in [0, 0.05) is 62.2 Å². The van der Waals surface area contributed by atoms with E-state index in [9.17, 15) is 9.18 Å². The first-order valence-electron chi connectivity index (χ1n) is 10.5. The van der Waals surface area contributed by atoms with Gasteiger partial charge >= 0.3 is 0 Å². The Kier molecular flexibility index (Phi) is 4.93. The Hall–Kier alpha value is -3.66. The van der Waals surface area contributed by atoms with Gasteiger partial charge in [0.2, 0.25) is 0 Å². The third kappa shape index (κ3) is 3.62. The highest BCUT2D eigenvalue weighted by Gasteiger charge is 2.25. The summed E-state index contributed by atoms with van der Waals surface area (Å²) in [6, 6.07) is 1.84. The molecule has 1 saturated heterocycles. The first-order valence-corrected chi connectivity index (χ1v) is 10.5.